The van der Waals surface area contributed by atoms with Gasteiger partial charge < -0.3 is 9.84 Å². The zero-order valence-corrected chi connectivity index (χ0v) is 9.60. The van der Waals surface area contributed by atoms with E-state index in [1.807, 2.05) is 12.1 Å². The molecular formula is C12H19NO2. The molecule has 0 aliphatic heterocycles. The highest BCUT2D eigenvalue weighted by Crippen LogP contribution is 2.12. The zero-order chi connectivity index (χ0) is 11.3. The Hall–Kier alpha value is -1.06. The topological polar surface area (TPSA) is 32.7 Å². The third kappa shape index (κ3) is 3.90. The number of aromatic hydroxyl groups is 1. The summed E-state index contributed by atoms with van der Waals surface area (Å²) >= 11 is 0. The Morgan fingerprint density at radius 2 is 1.93 bits per heavy atom. The van der Waals surface area contributed by atoms with Gasteiger partial charge in [-0.25, -0.2) is 0 Å². The fraction of sp³-hybridized carbons (Fsp3) is 0.500. The molecule has 1 N–H and O–H groups in total. The molecule has 84 valence electrons. The second-order valence-corrected chi connectivity index (χ2v) is 3.89. The number of phenols is 1. The van der Waals surface area contributed by atoms with Gasteiger partial charge in [0.05, 0.1) is 6.61 Å². The highest BCUT2D eigenvalue weighted by Gasteiger charge is 2.08. The molecule has 0 saturated carbocycles. The fourth-order valence-corrected chi connectivity index (χ4v) is 1.41. The third-order valence-corrected chi connectivity index (χ3v) is 2.53. The molecule has 1 atom stereocenters. The SMILES string of the molecule is COCC(C)N(C)Cc1ccc(O)cc1. The van der Waals surface area contributed by atoms with E-state index < -0.39 is 0 Å². The van der Waals surface area contributed by atoms with Crippen molar-refractivity contribution >= 4 is 0 Å². The molecule has 1 aromatic carbocycles. The van der Waals surface area contributed by atoms with Gasteiger partial charge in [-0.05, 0) is 31.7 Å². The van der Waals surface area contributed by atoms with Crippen molar-refractivity contribution in [2.45, 2.75) is 19.5 Å². The minimum atomic E-state index is 0.311. The molecule has 0 spiro atoms. The number of benzene rings is 1. The first-order valence-corrected chi connectivity index (χ1v) is 5.10. The van der Waals surface area contributed by atoms with Gasteiger partial charge in [0.25, 0.3) is 0 Å². The van der Waals surface area contributed by atoms with Crippen LogP contribution in [0.3, 0.4) is 0 Å². The lowest BCUT2D eigenvalue weighted by atomic mass is 10.2. The van der Waals surface area contributed by atoms with E-state index in [0.29, 0.717) is 11.8 Å². The van der Waals surface area contributed by atoms with Crippen molar-refractivity contribution in [1.29, 1.82) is 0 Å². The first-order valence-electron chi connectivity index (χ1n) is 5.10. The van der Waals surface area contributed by atoms with Crippen LogP contribution >= 0.6 is 0 Å². The Bertz CT molecular complexity index is 284. The van der Waals surface area contributed by atoms with Crippen molar-refractivity contribution in [3.05, 3.63) is 29.8 Å². The van der Waals surface area contributed by atoms with Gasteiger partial charge in [-0.15, -0.1) is 0 Å². The van der Waals surface area contributed by atoms with Crippen LogP contribution in [0.4, 0.5) is 0 Å². The smallest absolute Gasteiger partial charge is 0.115 e. The molecule has 0 aliphatic carbocycles. The lowest BCUT2D eigenvalue weighted by Gasteiger charge is -2.23. The molecule has 1 rings (SSSR count). The van der Waals surface area contributed by atoms with Gasteiger partial charge in [0.2, 0.25) is 0 Å². The van der Waals surface area contributed by atoms with Crippen LogP contribution in [0.25, 0.3) is 0 Å². The number of nitrogens with zero attached hydrogens (tertiary/aromatic N) is 1. The van der Waals surface area contributed by atoms with E-state index in [2.05, 4.69) is 18.9 Å². The van der Waals surface area contributed by atoms with Gasteiger partial charge in [-0.1, -0.05) is 12.1 Å². The van der Waals surface area contributed by atoms with Crippen LogP contribution in [-0.2, 0) is 11.3 Å². The molecular weight excluding hydrogens is 190 g/mol. The predicted molar refractivity (Wildman–Crippen MR) is 60.9 cm³/mol. The maximum absolute atomic E-state index is 9.15. The Morgan fingerprint density at radius 1 is 1.33 bits per heavy atom. The van der Waals surface area contributed by atoms with E-state index in [1.54, 1.807) is 19.2 Å². The van der Waals surface area contributed by atoms with Gasteiger partial charge >= 0.3 is 0 Å². The summed E-state index contributed by atoms with van der Waals surface area (Å²) in [6.45, 7) is 3.73. The number of rotatable bonds is 5. The van der Waals surface area contributed by atoms with E-state index in [0.717, 1.165) is 13.2 Å². The highest BCUT2D eigenvalue weighted by molar-refractivity contribution is 5.25. The summed E-state index contributed by atoms with van der Waals surface area (Å²) < 4.78 is 5.10. The van der Waals surface area contributed by atoms with Crippen molar-refractivity contribution in [2.24, 2.45) is 0 Å². The molecule has 0 radical (unpaired) electrons. The lowest BCUT2D eigenvalue weighted by molar-refractivity contribution is 0.112. The van der Waals surface area contributed by atoms with Gasteiger partial charge in [-0.3, -0.25) is 4.90 Å². The number of phenolic OH excluding ortho intramolecular Hbond substituents is 1. The van der Waals surface area contributed by atoms with Crippen LogP contribution in [0.5, 0.6) is 5.75 Å². The summed E-state index contributed by atoms with van der Waals surface area (Å²) in [4.78, 5) is 2.22. The lowest BCUT2D eigenvalue weighted by Crippen LogP contribution is -2.32. The van der Waals surface area contributed by atoms with Gasteiger partial charge in [0, 0.05) is 19.7 Å². The number of methoxy groups -OCH3 is 1. The predicted octanol–water partition coefficient (Wildman–Crippen LogP) is 1.86. The van der Waals surface area contributed by atoms with E-state index in [1.165, 1.54) is 5.56 Å². The molecule has 0 heterocycles. The molecule has 3 nitrogen and oxygen atoms in total. The molecule has 0 fully saturated rings. The molecule has 1 unspecified atom stereocenters. The van der Waals surface area contributed by atoms with Crippen molar-refractivity contribution in [3.8, 4) is 5.75 Å². The first-order chi connectivity index (χ1) is 7.13. The number of likely N-dealkylation sites (N-methyl/N-ethyl adjacent to an activating group) is 1. The largest absolute Gasteiger partial charge is 0.508 e. The number of hydrogen-bond acceptors (Lipinski definition) is 3. The third-order valence-electron chi connectivity index (χ3n) is 2.53. The molecule has 0 saturated heterocycles. The molecule has 15 heavy (non-hydrogen) atoms. The van der Waals surface area contributed by atoms with Crippen LogP contribution in [0.2, 0.25) is 0 Å². The monoisotopic (exact) mass is 209 g/mol. The summed E-state index contributed by atoms with van der Waals surface area (Å²) in [6, 6.07) is 7.69. The molecule has 3 heteroatoms. The van der Waals surface area contributed by atoms with Crippen LogP contribution in [-0.4, -0.2) is 36.8 Å². The Balaban J connectivity index is 2.50. The fourth-order valence-electron chi connectivity index (χ4n) is 1.41. The average Bonchev–Trinajstić information content (AvgIpc) is 2.22. The minimum Gasteiger partial charge on any atom is -0.508 e. The maximum atomic E-state index is 9.15. The normalized spacial score (nSPS) is 13.1. The summed E-state index contributed by atoms with van der Waals surface area (Å²) in [6.07, 6.45) is 0. The molecule has 0 bridgehead atoms. The summed E-state index contributed by atoms with van der Waals surface area (Å²) in [5.41, 5.74) is 1.19. The minimum absolute atomic E-state index is 0.311. The van der Waals surface area contributed by atoms with E-state index >= 15 is 0 Å². The van der Waals surface area contributed by atoms with Gasteiger partial charge in [-0.2, -0.15) is 0 Å². The standard InChI is InChI=1S/C12H19NO2/c1-10(9-15-3)13(2)8-11-4-6-12(14)7-5-11/h4-7,10,14H,8-9H2,1-3H3. The second kappa shape index (κ2) is 5.73. The van der Waals surface area contributed by atoms with Crippen molar-refractivity contribution in [1.82, 2.24) is 4.90 Å². The maximum Gasteiger partial charge on any atom is 0.115 e. The Labute approximate surface area is 91.3 Å². The molecule has 0 aliphatic rings. The number of hydrogen-bond donors (Lipinski definition) is 1. The quantitative estimate of drug-likeness (QED) is 0.803. The second-order valence-electron chi connectivity index (χ2n) is 3.89. The average molecular weight is 209 g/mol. The first kappa shape index (κ1) is 12.0. The van der Waals surface area contributed by atoms with Crippen molar-refractivity contribution in [3.63, 3.8) is 0 Å². The number of ether oxygens (including phenoxy) is 1. The summed E-state index contributed by atoms with van der Waals surface area (Å²) in [7, 11) is 3.78. The summed E-state index contributed by atoms with van der Waals surface area (Å²) in [5.74, 6) is 0.311. The van der Waals surface area contributed by atoms with Crippen LogP contribution in [0.15, 0.2) is 24.3 Å². The van der Waals surface area contributed by atoms with E-state index in [9.17, 15) is 0 Å². The van der Waals surface area contributed by atoms with Gasteiger partial charge in [0.1, 0.15) is 5.75 Å². The molecule has 0 amide bonds. The van der Waals surface area contributed by atoms with E-state index in [4.69, 9.17) is 9.84 Å². The summed E-state index contributed by atoms with van der Waals surface area (Å²) in [5, 5.41) is 9.15. The Kier molecular flexibility index (Phi) is 4.59. The van der Waals surface area contributed by atoms with Crippen molar-refractivity contribution in [2.75, 3.05) is 20.8 Å². The highest BCUT2D eigenvalue weighted by atomic mass is 16.5. The van der Waals surface area contributed by atoms with Crippen LogP contribution in [0, 0.1) is 0 Å². The van der Waals surface area contributed by atoms with Crippen LogP contribution < -0.4 is 0 Å². The van der Waals surface area contributed by atoms with Gasteiger partial charge in [0.15, 0.2) is 0 Å². The molecule has 1 aromatic rings. The Morgan fingerprint density at radius 3 is 2.47 bits per heavy atom. The van der Waals surface area contributed by atoms with Crippen molar-refractivity contribution < 1.29 is 9.84 Å². The molecule has 0 aromatic heterocycles. The zero-order valence-electron chi connectivity index (χ0n) is 9.60. The van der Waals surface area contributed by atoms with Crippen LogP contribution in [0.1, 0.15) is 12.5 Å². The van der Waals surface area contributed by atoms with E-state index in [-0.39, 0.29) is 0 Å².